The van der Waals surface area contributed by atoms with Gasteiger partial charge in [-0.15, -0.1) is 0 Å². The van der Waals surface area contributed by atoms with Crippen molar-refractivity contribution in [2.75, 3.05) is 11.9 Å². The summed E-state index contributed by atoms with van der Waals surface area (Å²) in [4.78, 5) is 11.2. The zero-order chi connectivity index (χ0) is 12.0. The van der Waals surface area contributed by atoms with Crippen molar-refractivity contribution in [3.05, 3.63) is 23.5 Å². The molecule has 0 aliphatic heterocycles. The van der Waals surface area contributed by atoms with Crippen LogP contribution in [-0.2, 0) is 9.53 Å². The van der Waals surface area contributed by atoms with Crippen LogP contribution >= 0.6 is 11.5 Å². The molecule has 1 rings (SSSR count). The first kappa shape index (κ1) is 12.2. The second kappa shape index (κ2) is 5.88. The van der Waals surface area contributed by atoms with Crippen molar-refractivity contribution in [1.29, 1.82) is 5.26 Å². The lowest BCUT2D eigenvalue weighted by Gasteiger charge is -1.99. The van der Waals surface area contributed by atoms with Gasteiger partial charge in [0.2, 0.25) is 0 Å². The summed E-state index contributed by atoms with van der Waals surface area (Å²) in [6.45, 7) is 3.80. The summed E-state index contributed by atoms with van der Waals surface area (Å²) in [6.07, 6.45) is 1.32. The maximum absolute atomic E-state index is 11.2. The summed E-state index contributed by atoms with van der Waals surface area (Å²) >= 11 is 1.26. The number of nitriles is 1. The highest BCUT2D eigenvalue weighted by Crippen LogP contribution is 2.15. The fraction of sp³-hybridized carbons (Fsp3) is 0.300. The van der Waals surface area contributed by atoms with E-state index in [0.29, 0.717) is 0 Å². The minimum absolute atomic E-state index is 0.0621. The molecule has 0 spiro atoms. The number of aromatic nitrogens is 1. The summed E-state index contributed by atoms with van der Waals surface area (Å²) in [5.41, 5.74) is 0.823. The van der Waals surface area contributed by atoms with Crippen LogP contribution in [0.2, 0.25) is 0 Å². The first-order valence-corrected chi connectivity index (χ1v) is 5.42. The summed E-state index contributed by atoms with van der Waals surface area (Å²) in [6, 6.07) is 3.59. The second-order valence-electron chi connectivity index (χ2n) is 2.87. The summed E-state index contributed by atoms with van der Waals surface area (Å²) < 4.78 is 8.76. The minimum atomic E-state index is -0.626. The number of aryl methyl sites for hydroxylation is 1. The van der Waals surface area contributed by atoms with Gasteiger partial charge in [0.1, 0.15) is 11.1 Å². The first-order valence-electron chi connectivity index (χ1n) is 4.64. The van der Waals surface area contributed by atoms with Crippen LogP contribution in [0.4, 0.5) is 5.00 Å². The van der Waals surface area contributed by atoms with Gasteiger partial charge in [0.15, 0.2) is 5.57 Å². The molecule has 0 saturated heterocycles. The minimum Gasteiger partial charge on any atom is -0.462 e. The highest BCUT2D eigenvalue weighted by molar-refractivity contribution is 7.10. The second-order valence-corrected chi connectivity index (χ2v) is 3.67. The lowest BCUT2D eigenvalue weighted by Crippen LogP contribution is -2.07. The molecule has 6 heteroatoms. The molecule has 16 heavy (non-hydrogen) atoms. The van der Waals surface area contributed by atoms with Gasteiger partial charge in [0.25, 0.3) is 0 Å². The molecule has 1 aromatic heterocycles. The smallest absolute Gasteiger partial charge is 0.350 e. The van der Waals surface area contributed by atoms with Crippen LogP contribution in [0.25, 0.3) is 0 Å². The van der Waals surface area contributed by atoms with E-state index in [4.69, 9.17) is 10.00 Å². The molecule has 0 radical (unpaired) electrons. The third-order valence-electron chi connectivity index (χ3n) is 1.60. The van der Waals surface area contributed by atoms with Crippen molar-refractivity contribution in [3.63, 3.8) is 0 Å². The molecular formula is C10H11N3O2S. The number of anilines is 1. The number of nitrogens with zero attached hydrogens (tertiary/aromatic N) is 2. The molecule has 0 aromatic carbocycles. The van der Waals surface area contributed by atoms with Gasteiger partial charge in [-0.1, -0.05) is 0 Å². The van der Waals surface area contributed by atoms with Crippen LogP contribution < -0.4 is 5.32 Å². The number of esters is 1. The van der Waals surface area contributed by atoms with Gasteiger partial charge in [-0.3, -0.25) is 0 Å². The van der Waals surface area contributed by atoms with E-state index in [1.54, 1.807) is 13.0 Å². The Kier molecular flexibility index (Phi) is 4.48. The molecule has 0 unspecified atom stereocenters. The average Bonchev–Trinajstić information content (AvgIpc) is 2.65. The fourth-order valence-corrected chi connectivity index (χ4v) is 1.55. The predicted octanol–water partition coefficient (Wildman–Crippen LogP) is 1.83. The van der Waals surface area contributed by atoms with E-state index in [1.807, 2.05) is 13.0 Å². The Morgan fingerprint density at radius 2 is 2.56 bits per heavy atom. The van der Waals surface area contributed by atoms with Gasteiger partial charge in [0, 0.05) is 6.20 Å². The number of ether oxygens (including phenoxy) is 1. The quantitative estimate of drug-likeness (QED) is 0.491. The zero-order valence-corrected chi connectivity index (χ0v) is 9.80. The molecule has 1 aromatic rings. The van der Waals surface area contributed by atoms with Crippen molar-refractivity contribution in [2.45, 2.75) is 13.8 Å². The van der Waals surface area contributed by atoms with E-state index in [2.05, 4.69) is 9.69 Å². The maximum atomic E-state index is 11.2. The normalized spacial score (nSPS) is 10.7. The van der Waals surface area contributed by atoms with E-state index in [9.17, 15) is 4.79 Å². The van der Waals surface area contributed by atoms with Gasteiger partial charge in [0.05, 0.1) is 12.3 Å². The molecule has 0 aliphatic carbocycles. The van der Waals surface area contributed by atoms with Gasteiger partial charge < -0.3 is 10.1 Å². The highest BCUT2D eigenvalue weighted by atomic mass is 32.1. The van der Waals surface area contributed by atoms with Crippen LogP contribution in [0.1, 0.15) is 12.6 Å². The van der Waals surface area contributed by atoms with Crippen molar-refractivity contribution >= 4 is 22.5 Å². The third-order valence-corrected chi connectivity index (χ3v) is 2.41. The van der Waals surface area contributed by atoms with Crippen LogP contribution in [-0.4, -0.2) is 16.9 Å². The standard InChI is InChI=1S/C10H11N3O2S/c1-3-15-10(14)8(5-11)6-12-9-4-7(2)13-16-9/h4,6,12H,3H2,1-2H3/b8-6+. The topological polar surface area (TPSA) is 75.0 Å². The molecule has 1 heterocycles. The molecule has 5 nitrogen and oxygen atoms in total. The maximum Gasteiger partial charge on any atom is 0.350 e. The highest BCUT2D eigenvalue weighted by Gasteiger charge is 2.09. The summed E-state index contributed by atoms with van der Waals surface area (Å²) in [7, 11) is 0. The first-order chi connectivity index (χ1) is 7.67. The Balaban J connectivity index is 2.67. The van der Waals surface area contributed by atoms with Gasteiger partial charge >= 0.3 is 5.97 Å². The van der Waals surface area contributed by atoms with Gasteiger partial charge in [-0.25, -0.2) is 4.79 Å². The monoisotopic (exact) mass is 237 g/mol. The zero-order valence-electron chi connectivity index (χ0n) is 8.98. The Morgan fingerprint density at radius 3 is 3.06 bits per heavy atom. The molecular weight excluding hydrogens is 226 g/mol. The van der Waals surface area contributed by atoms with Crippen LogP contribution in [0, 0.1) is 18.3 Å². The van der Waals surface area contributed by atoms with Crippen LogP contribution in [0.5, 0.6) is 0 Å². The number of carbonyl (C=O) groups is 1. The molecule has 84 valence electrons. The number of rotatable bonds is 4. The Morgan fingerprint density at radius 1 is 1.81 bits per heavy atom. The van der Waals surface area contributed by atoms with Crippen molar-refractivity contribution in [2.24, 2.45) is 0 Å². The molecule has 0 aliphatic rings. The summed E-state index contributed by atoms with van der Waals surface area (Å²) in [5.74, 6) is -0.626. The predicted molar refractivity (Wildman–Crippen MR) is 60.8 cm³/mol. The number of carbonyl (C=O) groups excluding carboxylic acids is 1. The van der Waals surface area contributed by atoms with Crippen LogP contribution in [0.3, 0.4) is 0 Å². The number of hydrogen-bond donors (Lipinski definition) is 1. The third kappa shape index (κ3) is 3.37. The Hall–Kier alpha value is -1.87. The van der Waals surface area contributed by atoms with E-state index in [-0.39, 0.29) is 12.2 Å². The SMILES string of the molecule is CCOC(=O)/C(C#N)=C/Nc1cc(C)ns1. The van der Waals surface area contributed by atoms with E-state index >= 15 is 0 Å². The van der Waals surface area contributed by atoms with Crippen LogP contribution in [0.15, 0.2) is 17.8 Å². The van der Waals surface area contributed by atoms with Gasteiger partial charge in [-0.05, 0) is 31.4 Å². The average molecular weight is 237 g/mol. The van der Waals surface area contributed by atoms with E-state index in [1.165, 1.54) is 17.7 Å². The summed E-state index contributed by atoms with van der Waals surface area (Å²) in [5, 5.41) is 12.3. The van der Waals surface area contributed by atoms with Crippen molar-refractivity contribution in [1.82, 2.24) is 4.37 Å². The van der Waals surface area contributed by atoms with E-state index in [0.717, 1.165) is 10.7 Å². The van der Waals surface area contributed by atoms with E-state index < -0.39 is 5.97 Å². The molecule has 0 fully saturated rings. The lowest BCUT2D eigenvalue weighted by atomic mass is 10.3. The molecule has 0 amide bonds. The lowest BCUT2D eigenvalue weighted by molar-refractivity contribution is -0.138. The van der Waals surface area contributed by atoms with Crippen molar-refractivity contribution in [3.8, 4) is 6.07 Å². The van der Waals surface area contributed by atoms with Gasteiger partial charge in [-0.2, -0.15) is 9.64 Å². The molecule has 0 atom stereocenters. The molecule has 1 N–H and O–H groups in total. The Labute approximate surface area is 97.5 Å². The fourth-order valence-electron chi connectivity index (χ4n) is 0.921. The number of hydrogen-bond acceptors (Lipinski definition) is 6. The largest absolute Gasteiger partial charge is 0.462 e. The molecule has 0 bridgehead atoms. The van der Waals surface area contributed by atoms with Crippen molar-refractivity contribution < 1.29 is 9.53 Å². The molecule has 0 saturated carbocycles. The Bertz CT molecular complexity index is 445. The number of nitrogens with one attached hydrogen (secondary N) is 1.